The molecule has 2 atom stereocenters. The van der Waals surface area contributed by atoms with Crippen LogP contribution in [-0.2, 0) is 4.74 Å². The molecule has 6 nitrogen and oxygen atoms in total. The van der Waals surface area contributed by atoms with Crippen molar-refractivity contribution in [2.75, 3.05) is 31.1 Å². The molecule has 0 N–H and O–H groups in total. The van der Waals surface area contributed by atoms with Gasteiger partial charge in [0.1, 0.15) is 10.7 Å². The van der Waals surface area contributed by atoms with Gasteiger partial charge in [-0.05, 0) is 17.5 Å². The number of amides is 1. The van der Waals surface area contributed by atoms with Gasteiger partial charge in [-0.3, -0.25) is 4.79 Å². The lowest BCUT2D eigenvalue weighted by Gasteiger charge is -2.36. The molecule has 0 spiro atoms. The lowest BCUT2D eigenvalue weighted by atomic mass is 10.1. The van der Waals surface area contributed by atoms with Crippen molar-refractivity contribution in [3.8, 4) is 0 Å². The first-order valence-corrected chi connectivity index (χ1v) is 8.29. The molecule has 0 unspecified atom stereocenters. The number of fused-ring (bicyclic) bond motifs is 1. The maximum Gasteiger partial charge on any atom is 0.267 e. The molecule has 4 heterocycles. The van der Waals surface area contributed by atoms with Crippen molar-refractivity contribution in [1.82, 2.24) is 14.9 Å². The van der Waals surface area contributed by atoms with Gasteiger partial charge in [-0.25, -0.2) is 14.4 Å². The summed E-state index contributed by atoms with van der Waals surface area (Å²) in [6.07, 6.45) is 3.30. The summed E-state index contributed by atoms with van der Waals surface area (Å²) >= 11 is 1.13. The van der Waals surface area contributed by atoms with E-state index in [0.29, 0.717) is 32.2 Å². The van der Waals surface area contributed by atoms with Crippen LogP contribution < -0.4 is 4.90 Å². The normalized spacial score (nSPS) is 23.9. The van der Waals surface area contributed by atoms with E-state index >= 15 is 0 Å². The smallest absolute Gasteiger partial charge is 0.267 e. The van der Waals surface area contributed by atoms with Crippen LogP contribution in [-0.4, -0.2) is 59.2 Å². The number of nitrogens with zero attached hydrogens (tertiary/aromatic N) is 4. The van der Waals surface area contributed by atoms with Crippen LogP contribution in [0.1, 0.15) is 9.67 Å². The first-order valence-electron chi connectivity index (χ1n) is 7.41. The van der Waals surface area contributed by atoms with E-state index in [2.05, 4.69) is 14.9 Å². The van der Waals surface area contributed by atoms with Crippen molar-refractivity contribution >= 4 is 23.2 Å². The molecular weight excluding hydrogens is 319 g/mol. The molecule has 0 aliphatic carbocycles. The zero-order valence-corrected chi connectivity index (χ0v) is 13.1. The van der Waals surface area contributed by atoms with Crippen molar-refractivity contribution in [1.29, 1.82) is 0 Å². The fourth-order valence-electron chi connectivity index (χ4n) is 3.13. The van der Waals surface area contributed by atoms with Crippen LogP contribution in [0.2, 0.25) is 0 Å². The van der Waals surface area contributed by atoms with Gasteiger partial charge in [0.25, 0.3) is 5.91 Å². The van der Waals surface area contributed by atoms with E-state index in [-0.39, 0.29) is 22.9 Å². The van der Waals surface area contributed by atoms with Gasteiger partial charge in [-0.1, -0.05) is 0 Å². The second kappa shape index (κ2) is 5.86. The van der Waals surface area contributed by atoms with Crippen LogP contribution in [0.15, 0.2) is 29.9 Å². The number of rotatable bonds is 2. The lowest BCUT2D eigenvalue weighted by Crippen LogP contribution is -2.51. The highest BCUT2D eigenvalue weighted by atomic mass is 32.1. The van der Waals surface area contributed by atoms with Crippen LogP contribution in [0.5, 0.6) is 0 Å². The summed E-state index contributed by atoms with van der Waals surface area (Å²) in [5, 5.41) is 1.59. The maximum atomic E-state index is 13.7. The Kier molecular flexibility index (Phi) is 3.70. The minimum atomic E-state index is -0.459. The Labute approximate surface area is 136 Å². The van der Waals surface area contributed by atoms with Crippen molar-refractivity contribution in [2.24, 2.45) is 0 Å². The number of carbonyl (C=O) groups is 1. The summed E-state index contributed by atoms with van der Waals surface area (Å²) in [7, 11) is 0. The van der Waals surface area contributed by atoms with E-state index in [1.54, 1.807) is 28.7 Å². The quantitative estimate of drug-likeness (QED) is 0.831. The van der Waals surface area contributed by atoms with Gasteiger partial charge >= 0.3 is 0 Å². The number of thiophene rings is 1. The number of carbonyl (C=O) groups excluding carboxylic acids is 1. The Balaban J connectivity index is 1.55. The lowest BCUT2D eigenvalue weighted by molar-refractivity contribution is 0.0296. The molecule has 0 radical (unpaired) electrons. The van der Waals surface area contributed by atoms with Gasteiger partial charge in [0, 0.05) is 32.0 Å². The minimum Gasteiger partial charge on any atom is -0.372 e. The fraction of sp³-hybridized carbons (Fsp3) is 0.400. The first kappa shape index (κ1) is 14.5. The Bertz CT molecular complexity index is 711. The second-order valence-electron chi connectivity index (χ2n) is 5.53. The number of hydrogen-bond donors (Lipinski definition) is 0. The molecule has 4 rings (SSSR count). The first-order chi connectivity index (χ1) is 11.2. The Morgan fingerprint density at radius 1 is 1.35 bits per heavy atom. The third-order valence-electron chi connectivity index (χ3n) is 4.21. The predicted octanol–water partition coefficient (Wildman–Crippen LogP) is 1.41. The molecule has 120 valence electrons. The van der Waals surface area contributed by atoms with E-state index in [1.165, 1.54) is 6.07 Å². The molecule has 2 aromatic heterocycles. The summed E-state index contributed by atoms with van der Waals surface area (Å²) in [6, 6.07) is 3.09. The molecule has 2 aliphatic rings. The number of hydrogen-bond acceptors (Lipinski definition) is 6. The average molecular weight is 334 g/mol. The van der Waals surface area contributed by atoms with Crippen LogP contribution in [0.25, 0.3) is 0 Å². The summed E-state index contributed by atoms with van der Waals surface area (Å²) < 4.78 is 19.5. The highest BCUT2D eigenvalue weighted by Gasteiger charge is 2.43. The molecule has 2 fully saturated rings. The molecule has 2 aliphatic heterocycles. The molecule has 0 bridgehead atoms. The van der Waals surface area contributed by atoms with Gasteiger partial charge in [0.05, 0.1) is 18.8 Å². The molecule has 0 aromatic carbocycles. The Morgan fingerprint density at radius 3 is 2.91 bits per heavy atom. The van der Waals surface area contributed by atoms with Crippen LogP contribution in [0.3, 0.4) is 0 Å². The van der Waals surface area contributed by atoms with Gasteiger partial charge in [0.15, 0.2) is 0 Å². The van der Waals surface area contributed by atoms with E-state index in [1.807, 2.05) is 0 Å². The molecule has 8 heteroatoms. The van der Waals surface area contributed by atoms with E-state index in [4.69, 9.17) is 4.74 Å². The third kappa shape index (κ3) is 2.57. The zero-order valence-electron chi connectivity index (χ0n) is 12.3. The number of ether oxygens (including phenoxy) is 1. The van der Waals surface area contributed by atoms with Gasteiger partial charge in [-0.2, -0.15) is 0 Å². The fourth-order valence-corrected chi connectivity index (χ4v) is 3.87. The highest BCUT2D eigenvalue weighted by Crippen LogP contribution is 2.28. The number of aromatic nitrogens is 2. The summed E-state index contributed by atoms with van der Waals surface area (Å²) in [6.45, 7) is 2.19. The average Bonchev–Trinajstić information content (AvgIpc) is 3.20. The van der Waals surface area contributed by atoms with Crippen molar-refractivity contribution in [3.05, 3.63) is 40.6 Å². The molecular formula is C15H15FN4O2S. The van der Waals surface area contributed by atoms with Crippen LogP contribution in [0.4, 0.5) is 10.3 Å². The standard InChI is InChI=1S/C15H15FN4O2S/c16-10-2-7-23-13(10)14(21)19-8-11-12(9-19)22-6-5-20(11)15-17-3-1-4-18-15/h1-4,7,11-12H,5-6,8-9H2/t11-,12-/m0/s1. The second-order valence-corrected chi connectivity index (χ2v) is 6.44. The van der Waals surface area contributed by atoms with Crippen LogP contribution in [0, 0.1) is 5.82 Å². The summed E-state index contributed by atoms with van der Waals surface area (Å²) in [5.41, 5.74) is 0. The largest absolute Gasteiger partial charge is 0.372 e. The number of likely N-dealkylation sites (tertiary alicyclic amines) is 1. The SMILES string of the molecule is O=C(c1sccc1F)N1C[C@@H]2OCCN(c3ncccn3)[C@H]2C1. The minimum absolute atomic E-state index is 0.00174. The van der Waals surface area contributed by atoms with Gasteiger partial charge in [-0.15, -0.1) is 11.3 Å². The zero-order chi connectivity index (χ0) is 15.8. The van der Waals surface area contributed by atoms with E-state index in [9.17, 15) is 9.18 Å². The number of anilines is 1. The summed E-state index contributed by atoms with van der Waals surface area (Å²) in [5.74, 6) is -0.0918. The Hall–Kier alpha value is -2.06. The van der Waals surface area contributed by atoms with E-state index < -0.39 is 5.82 Å². The van der Waals surface area contributed by atoms with Gasteiger partial charge in [0.2, 0.25) is 5.95 Å². The molecule has 2 saturated heterocycles. The van der Waals surface area contributed by atoms with Crippen molar-refractivity contribution in [2.45, 2.75) is 12.1 Å². The topological polar surface area (TPSA) is 58.6 Å². The molecule has 23 heavy (non-hydrogen) atoms. The van der Waals surface area contributed by atoms with Gasteiger partial charge < -0.3 is 14.5 Å². The molecule has 2 aromatic rings. The monoisotopic (exact) mass is 334 g/mol. The van der Waals surface area contributed by atoms with E-state index in [0.717, 1.165) is 11.3 Å². The molecule has 0 saturated carbocycles. The maximum absolute atomic E-state index is 13.7. The highest BCUT2D eigenvalue weighted by molar-refractivity contribution is 7.12. The van der Waals surface area contributed by atoms with Crippen LogP contribution >= 0.6 is 11.3 Å². The number of halogens is 1. The summed E-state index contributed by atoms with van der Waals surface area (Å²) in [4.78, 5) is 25.0. The predicted molar refractivity (Wildman–Crippen MR) is 83.1 cm³/mol. The van der Waals surface area contributed by atoms with Crippen molar-refractivity contribution in [3.63, 3.8) is 0 Å². The molecule has 1 amide bonds. The Morgan fingerprint density at radius 2 is 2.17 bits per heavy atom. The van der Waals surface area contributed by atoms with Crippen molar-refractivity contribution < 1.29 is 13.9 Å². The number of morpholine rings is 1. The third-order valence-corrected chi connectivity index (χ3v) is 5.09.